The Morgan fingerprint density at radius 1 is 1.36 bits per heavy atom. The molecule has 1 N–H and O–H groups in total. The molecule has 22 heavy (non-hydrogen) atoms. The van der Waals surface area contributed by atoms with Crippen molar-refractivity contribution in [3.63, 3.8) is 0 Å². The largest absolute Gasteiger partial charge is 0.344 e. The van der Waals surface area contributed by atoms with Crippen molar-refractivity contribution in [1.29, 1.82) is 0 Å². The van der Waals surface area contributed by atoms with Gasteiger partial charge in [-0.2, -0.15) is 0 Å². The molecule has 0 radical (unpaired) electrons. The van der Waals surface area contributed by atoms with Gasteiger partial charge in [0.15, 0.2) is 0 Å². The van der Waals surface area contributed by atoms with Crippen LogP contribution < -0.4 is 5.32 Å². The van der Waals surface area contributed by atoms with E-state index in [0.717, 1.165) is 22.4 Å². The predicted octanol–water partition coefficient (Wildman–Crippen LogP) is 0.858. The highest BCUT2D eigenvalue weighted by Gasteiger charge is 2.55. The van der Waals surface area contributed by atoms with E-state index in [2.05, 4.69) is 5.32 Å². The molecule has 6 nitrogen and oxygen atoms in total. The Kier molecular flexibility index (Phi) is 3.39. The predicted molar refractivity (Wildman–Crippen MR) is 80.0 cm³/mol. The zero-order chi connectivity index (χ0) is 15.9. The minimum Gasteiger partial charge on any atom is -0.344 e. The monoisotopic (exact) mass is 301 g/mol. The van der Waals surface area contributed by atoms with Crippen LogP contribution in [0.15, 0.2) is 24.3 Å². The van der Waals surface area contributed by atoms with Crippen molar-refractivity contribution in [3.8, 4) is 0 Å². The lowest BCUT2D eigenvalue weighted by atomic mass is 9.92. The molecule has 6 heteroatoms. The minimum atomic E-state index is -0.987. The molecular weight excluding hydrogens is 282 g/mol. The minimum absolute atomic E-state index is 0.209. The number of benzene rings is 1. The third-order valence-electron chi connectivity index (χ3n) is 4.62. The van der Waals surface area contributed by atoms with Gasteiger partial charge in [0.1, 0.15) is 12.1 Å². The van der Waals surface area contributed by atoms with Gasteiger partial charge in [-0.1, -0.05) is 24.3 Å². The summed E-state index contributed by atoms with van der Waals surface area (Å²) in [5.74, 6) is -0.561. The lowest BCUT2D eigenvalue weighted by Gasteiger charge is -2.23. The van der Waals surface area contributed by atoms with Gasteiger partial charge in [-0.3, -0.25) is 14.5 Å². The molecule has 0 bridgehead atoms. The van der Waals surface area contributed by atoms with Crippen molar-refractivity contribution in [3.05, 3.63) is 35.4 Å². The number of carbonyl (C=O) groups is 3. The molecule has 1 spiro atoms. The van der Waals surface area contributed by atoms with E-state index < -0.39 is 11.6 Å². The lowest BCUT2D eigenvalue weighted by molar-refractivity contribution is -0.138. The number of likely N-dealkylation sites (N-methyl/N-ethyl adjacent to an activating group) is 1. The zero-order valence-corrected chi connectivity index (χ0v) is 12.8. The number of imide groups is 1. The first-order valence-electron chi connectivity index (χ1n) is 7.46. The summed E-state index contributed by atoms with van der Waals surface area (Å²) in [6, 6.07) is 7.16. The van der Waals surface area contributed by atoms with Crippen LogP contribution >= 0.6 is 0 Å². The number of urea groups is 1. The summed E-state index contributed by atoms with van der Waals surface area (Å²) in [5.41, 5.74) is 0.945. The Bertz CT molecular complexity index is 658. The molecule has 116 valence electrons. The van der Waals surface area contributed by atoms with Crippen molar-refractivity contribution in [2.45, 2.75) is 25.3 Å². The van der Waals surface area contributed by atoms with E-state index in [0.29, 0.717) is 13.0 Å². The Hall–Kier alpha value is -2.37. The lowest BCUT2D eigenvalue weighted by Crippen LogP contribution is -2.44. The van der Waals surface area contributed by atoms with Gasteiger partial charge in [0.2, 0.25) is 5.91 Å². The molecule has 1 saturated heterocycles. The van der Waals surface area contributed by atoms with Crippen molar-refractivity contribution in [1.82, 2.24) is 15.1 Å². The van der Waals surface area contributed by atoms with E-state index in [-0.39, 0.29) is 18.4 Å². The Labute approximate surface area is 129 Å². The molecule has 1 aliphatic heterocycles. The van der Waals surface area contributed by atoms with Crippen LogP contribution in [0.2, 0.25) is 0 Å². The number of hydrogen-bond acceptors (Lipinski definition) is 3. The maximum Gasteiger partial charge on any atom is 0.325 e. The summed E-state index contributed by atoms with van der Waals surface area (Å²) in [6.07, 6.45) is 1.30. The number of carbonyl (C=O) groups excluding carboxylic acids is 3. The highest BCUT2D eigenvalue weighted by molar-refractivity contribution is 6.09. The topological polar surface area (TPSA) is 69.7 Å². The molecule has 1 aliphatic carbocycles. The van der Waals surface area contributed by atoms with Crippen LogP contribution in [-0.4, -0.2) is 47.8 Å². The average Bonchev–Trinajstić information content (AvgIpc) is 3.01. The van der Waals surface area contributed by atoms with Crippen LogP contribution in [0, 0.1) is 0 Å². The van der Waals surface area contributed by atoms with E-state index in [1.807, 2.05) is 31.2 Å². The third-order valence-corrected chi connectivity index (χ3v) is 4.62. The molecule has 1 atom stereocenters. The van der Waals surface area contributed by atoms with Gasteiger partial charge < -0.3 is 10.2 Å². The fourth-order valence-electron chi connectivity index (χ4n) is 3.17. The van der Waals surface area contributed by atoms with Crippen molar-refractivity contribution >= 4 is 17.8 Å². The molecule has 4 amide bonds. The Balaban J connectivity index is 1.88. The normalized spacial score (nSPS) is 22.9. The molecule has 2 aliphatic rings. The summed E-state index contributed by atoms with van der Waals surface area (Å²) in [6.45, 7) is 2.17. The molecule has 1 unspecified atom stereocenters. The molecule has 1 aromatic carbocycles. The van der Waals surface area contributed by atoms with Gasteiger partial charge in [0.05, 0.1) is 0 Å². The van der Waals surface area contributed by atoms with E-state index in [1.165, 1.54) is 4.90 Å². The highest BCUT2D eigenvalue weighted by atomic mass is 16.2. The van der Waals surface area contributed by atoms with Crippen molar-refractivity contribution < 1.29 is 14.4 Å². The van der Waals surface area contributed by atoms with E-state index in [1.54, 1.807) is 7.05 Å². The summed E-state index contributed by atoms with van der Waals surface area (Å²) in [4.78, 5) is 39.6. The molecule has 0 saturated carbocycles. The second-order valence-electron chi connectivity index (χ2n) is 5.79. The maximum atomic E-state index is 12.8. The van der Waals surface area contributed by atoms with E-state index in [4.69, 9.17) is 0 Å². The first-order chi connectivity index (χ1) is 10.5. The van der Waals surface area contributed by atoms with Gasteiger partial charge in [-0.15, -0.1) is 0 Å². The smallest absolute Gasteiger partial charge is 0.325 e. The summed E-state index contributed by atoms with van der Waals surface area (Å²) >= 11 is 0. The van der Waals surface area contributed by atoms with Crippen molar-refractivity contribution in [2.75, 3.05) is 20.1 Å². The first-order valence-corrected chi connectivity index (χ1v) is 7.46. The van der Waals surface area contributed by atoms with Crippen LogP contribution in [0.25, 0.3) is 0 Å². The number of nitrogens with one attached hydrogen (secondary N) is 1. The van der Waals surface area contributed by atoms with Crippen LogP contribution in [0.5, 0.6) is 0 Å². The average molecular weight is 301 g/mol. The summed E-state index contributed by atoms with van der Waals surface area (Å²) in [5, 5.41) is 2.81. The fraction of sp³-hybridized carbons (Fsp3) is 0.438. The van der Waals surface area contributed by atoms with Crippen LogP contribution in [0.4, 0.5) is 4.79 Å². The highest BCUT2D eigenvalue weighted by Crippen LogP contribution is 2.41. The number of hydrogen-bond donors (Lipinski definition) is 1. The maximum absolute atomic E-state index is 12.8. The summed E-state index contributed by atoms with van der Waals surface area (Å²) < 4.78 is 0. The molecule has 1 aromatic rings. The summed E-state index contributed by atoms with van der Waals surface area (Å²) in [7, 11) is 1.65. The molecule has 0 aromatic heterocycles. The van der Waals surface area contributed by atoms with Gasteiger partial charge in [0, 0.05) is 13.6 Å². The third kappa shape index (κ3) is 1.98. The van der Waals surface area contributed by atoms with E-state index in [9.17, 15) is 14.4 Å². The Morgan fingerprint density at radius 2 is 2.09 bits per heavy atom. The number of rotatable bonds is 3. The van der Waals surface area contributed by atoms with Gasteiger partial charge in [-0.05, 0) is 30.9 Å². The number of amides is 4. The number of aryl methyl sites for hydroxylation is 1. The molecular formula is C16H19N3O3. The molecule has 1 fully saturated rings. The molecule has 1 heterocycles. The van der Waals surface area contributed by atoms with Crippen molar-refractivity contribution in [2.24, 2.45) is 0 Å². The Morgan fingerprint density at radius 3 is 2.82 bits per heavy atom. The molecule has 3 rings (SSSR count). The van der Waals surface area contributed by atoms with Crippen LogP contribution in [0.3, 0.4) is 0 Å². The second kappa shape index (κ2) is 5.12. The van der Waals surface area contributed by atoms with Gasteiger partial charge in [-0.25, -0.2) is 4.79 Å². The quantitative estimate of drug-likeness (QED) is 0.842. The van der Waals surface area contributed by atoms with E-state index >= 15 is 0 Å². The first kappa shape index (κ1) is 14.6. The van der Waals surface area contributed by atoms with Gasteiger partial charge in [0.25, 0.3) is 5.91 Å². The van der Waals surface area contributed by atoms with Crippen LogP contribution in [-0.2, 0) is 21.5 Å². The zero-order valence-electron chi connectivity index (χ0n) is 12.8. The van der Waals surface area contributed by atoms with Crippen LogP contribution in [0.1, 0.15) is 24.5 Å². The second-order valence-corrected chi connectivity index (χ2v) is 5.79. The van der Waals surface area contributed by atoms with Gasteiger partial charge >= 0.3 is 6.03 Å². The number of nitrogens with zero attached hydrogens (tertiary/aromatic N) is 2. The standard InChI is InChI=1S/C16H19N3O3/c1-3-18(2)13(20)10-19-14(21)16(17-15(19)22)9-8-11-6-4-5-7-12(11)16/h4-7H,3,8-10H2,1-2H3,(H,17,22). The SMILES string of the molecule is CCN(C)C(=O)CN1C(=O)NC2(CCc3ccccc32)C1=O. The fourth-order valence-corrected chi connectivity index (χ4v) is 3.17. The number of fused-ring (bicyclic) bond motifs is 2.